The molecule has 0 spiro atoms. The molecule has 0 bridgehead atoms. The van der Waals surface area contributed by atoms with Crippen LogP contribution >= 0.6 is 0 Å². The molecule has 0 aromatic carbocycles. The lowest BCUT2D eigenvalue weighted by Crippen LogP contribution is -2.23. The number of carbonyl (C=O) groups excluding carboxylic acids is 1. The first-order valence-corrected chi connectivity index (χ1v) is 3.04. The number of primary amides is 1. The van der Waals surface area contributed by atoms with Crippen LogP contribution < -0.4 is 5.73 Å². The molecular formula is C8H13NO. The Labute approximate surface area is 61.4 Å². The fourth-order valence-corrected chi connectivity index (χ4v) is 0.441. The van der Waals surface area contributed by atoms with Gasteiger partial charge in [0.15, 0.2) is 0 Å². The highest BCUT2D eigenvalue weighted by atomic mass is 16.1. The summed E-state index contributed by atoms with van der Waals surface area (Å²) < 4.78 is 0. The van der Waals surface area contributed by atoms with E-state index in [1.165, 1.54) is 0 Å². The van der Waals surface area contributed by atoms with E-state index >= 15 is 0 Å². The van der Waals surface area contributed by atoms with Gasteiger partial charge in [-0.05, 0) is 0 Å². The Morgan fingerprint density at radius 1 is 1.60 bits per heavy atom. The Kier molecular flexibility index (Phi) is 2.41. The first kappa shape index (κ1) is 8.95. The van der Waals surface area contributed by atoms with Gasteiger partial charge in [-0.15, -0.1) is 6.58 Å². The Morgan fingerprint density at radius 2 is 2.00 bits per heavy atom. The highest BCUT2D eigenvalue weighted by molar-refractivity contribution is 5.92. The SMILES string of the molecule is C=CC(C)(C)C(=C)C(N)=O. The van der Waals surface area contributed by atoms with Crippen molar-refractivity contribution in [2.24, 2.45) is 11.1 Å². The van der Waals surface area contributed by atoms with Gasteiger partial charge >= 0.3 is 0 Å². The van der Waals surface area contributed by atoms with Crippen molar-refractivity contribution >= 4 is 5.91 Å². The first-order valence-electron chi connectivity index (χ1n) is 3.04. The minimum absolute atomic E-state index is 0.383. The van der Waals surface area contributed by atoms with Gasteiger partial charge in [-0.2, -0.15) is 0 Å². The quantitative estimate of drug-likeness (QED) is 0.464. The molecule has 0 fully saturated rings. The van der Waals surface area contributed by atoms with Crippen LogP contribution in [0.5, 0.6) is 0 Å². The zero-order chi connectivity index (χ0) is 8.36. The molecule has 0 aliphatic carbocycles. The maximum Gasteiger partial charge on any atom is 0.244 e. The zero-order valence-corrected chi connectivity index (χ0v) is 6.48. The summed E-state index contributed by atoms with van der Waals surface area (Å²) >= 11 is 0. The van der Waals surface area contributed by atoms with Gasteiger partial charge in [-0.25, -0.2) is 0 Å². The maximum atomic E-state index is 10.6. The van der Waals surface area contributed by atoms with E-state index in [1.807, 2.05) is 13.8 Å². The molecule has 0 aliphatic rings. The van der Waals surface area contributed by atoms with Crippen LogP contribution in [0, 0.1) is 5.41 Å². The third kappa shape index (κ3) is 1.72. The minimum Gasteiger partial charge on any atom is -0.366 e. The molecule has 10 heavy (non-hydrogen) atoms. The maximum absolute atomic E-state index is 10.6. The summed E-state index contributed by atoms with van der Waals surface area (Å²) in [7, 11) is 0. The molecule has 0 saturated carbocycles. The molecule has 0 saturated heterocycles. The highest BCUT2D eigenvalue weighted by Crippen LogP contribution is 2.24. The van der Waals surface area contributed by atoms with E-state index in [4.69, 9.17) is 5.73 Å². The predicted molar refractivity (Wildman–Crippen MR) is 42.3 cm³/mol. The van der Waals surface area contributed by atoms with E-state index in [9.17, 15) is 4.79 Å². The van der Waals surface area contributed by atoms with Crippen LogP contribution in [0.4, 0.5) is 0 Å². The molecule has 2 N–H and O–H groups in total. The molecule has 0 aromatic rings. The molecule has 0 atom stereocenters. The van der Waals surface area contributed by atoms with Crippen molar-refractivity contribution in [1.82, 2.24) is 0 Å². The van der Waals surface area contributed by atoms with E-state index in [0.717, 1.165) is 0 Å². The van der Waals surface area contributed by atoms with Gasteiger partial charge in [-0.1, -0.05) is 26.5 Å². The van der Waals surface area contributed by atoms with Gasteiger partial charge in [0.05, 0.1) is 0 Å². The lowest BCUT2D eigenvalue weighted by atomic mass is 9.85. The van der Waals surface area contributed by atoms with Crippen LogP contribution in [0.15, 0.2) is 24.8 Å². The lowest BCUT2D eigenvalue weighted by molar-refractivity contribution is -0.115. The lowest BCUT2D eigenvalue weighted by Gasteiger charge is -2.19. The normalized spacial score (nSPS) is 10.6. The fourth-order valence-electron chi connectivity index (χ4n) is 0.441. The van der Waals surface area contributed by atoms with Crippen molar-refractivity contribution in [3.8, 4) is 0 Å². The van der Waals surface area contributed by atoms with Crippen LogP contribution in [0.1, 0.15) is 13.8 Å². The molecule has 2 heteroatoms. The van der Waals surface area contributed by atoms with Crippen LogP contribution in [-0.4, -0.2) is 5.91 Å². The predicted octanol–water partition coefficient (Wildman–Crippen LogP) is 1.24. The Balaban J connectivity index is 4.49. The van der Waals surface area contributed by atoms with E-state index in [2.05, 4.69) is 13.2 Å². The second kappa shape index (κ2) is 2.69. The van der Waals surface area contributed by atoms with Crippen molar-refractivity contribution in [2.45, 2.75) is 13.8 Å². The third-order valence-electron chi connectivity index (χ3n) is 1.59. The Morgan fingerprint density at radius 3 is 2.10 bits per heavy atom. The van der Waals surface area contributed by atoms with Gasteiger partial charge in [0, 0.05) is 11.0 Å². The summed E-state index contributed by atoms with van der Waals surface area (Å²) in [6.45, 7) is 10.8. The van der Waals surface area contributed by atoms with Gasteiger partial charge in [0.25, 0.3) is 0 Å². The molecule has 0 aliphatic heterocycles. The summed E-state index contributed by atoms with van der Waals surface area (Å²) in [4.78, 5) is 10.6. The summed E-state index contributed by atoms with van der Waals surface area (Å²) in [6, 6.07) is 0. The molecule has 0 heterocycles. The van der Waals surface area contributed by atoms with Gasteiger partial charge < -0.3 is 5.73 Å². The standard InChI is InChI=1S/C8H13NO/c1-5-8(3,4)6(2)7(9)10/h5H,1-2H2,3-4H3,(H2,9,10). The molecule has 0 aromatic heterocycles. The summed E-state index contributed by atoms with van der Waals surface area (Å²) in [6.07, 6.45) is 1.65. The molecule has 1 amide bonds. The summed E-state index contributed by atoms with van der Waals surface area (Å²) in [5.74, 6) is -0.468. The van der Waals surface area contributed by atoms with E-state index in [1.54, 1.807) is 6.08 Å². The second-order valence-corrected chi connectivity index (χ2v) is 2.77. The minimum atomic E-state index is -0.468. The first-order chi connectivity index (χ1) is 4.41. The van der Waals surface area contributed by atoms with Crippen LogP contribution in [0.3, 0.4) is 0 Å². The number of nitrogens with two attached hydrogens (primary N) is 1. The van der Waals surface area contributed by atoms with E-state index in [0.29, 0.717) is 5.57 Å². The number of amides is 1. The number of hydrogen-bond donors (Lipinski definition) is 1. The molecular weight excluding hydrogens is 126 g/mol. The second-order valence-electron chi connectivity index (χ2n) is 2.77. The van der Waals surface area contributed by atoms with E-state index < -0.39 is 5.91 Å². The van der Waals surface area contributed by atoms with Crippen molar-refractivity contribution < 1.29 is 4.79 Å². The Bertz CT molecular complexity index is 180. The van der Waals surface area contributed by atoms with Crippen molar-refractivity contribution in [3.63, 3.8) is 0 Å². The van der Waals surface area contributed by atoms with Gasteiger partial charge in [0.1, 0.15) is 0 Å². The number of rotatable bonds is 3. The third-order valence-corrected chi connectivity index (χ3v) is 1.59. The van der Waals surface area contributed by atoms with Gasteiger partial charge in [-0.3, -0.25) is 4.79 Å². The van der Waals surface area contributed by atoms with Crippen LogP contribution in [0.2, 0.25) is 0 Å². The number of carbonyl (C=O) groups is 1. The topological polar surface area (TPSA) is 43.1 Å². The zero-order valence-electron chi connectivity index (χ0n) is 6.48. The van der Waals surface area contributed by atoms with Crippen LogP contribution in [-0.2, 0) is 4.79 Å². The van der Waals surface area contributed by atoms with Crippen LogP contribution in [0.25, 0.3) is 0 Å². The smallest absolute Gasteiger partial charge is 0.244 e. The van der Waals surface area contributed by atoms with Crippen molar-refractivity contribution in [3.05, 3.63) is 24.8 Å². The largest absolute Gasteiger partial charge is 0.366 e. The Hall–Kier alpha value is -1.05. The monoisotopic (exact) mass is 139 g/mol. The number of allylic oxidation sites excluding steroid dienone is 1. The van der Waals surface area contributed by atoms with Crippen molar-refractivity contribution in [2.75, 3.05) is 0 Å². The molecule has 0 radical (unpaired) electrons. The summed E-state index contributed by atoms with van der Waals surface area (Å²) in [5.41, 5.74) is 5.02. The highest BCUT2D eigenvalue weighted by Gasteiger charge is 2.20. The average molecular weight is 139 g/mol. The molecule has 0 rings (SSSR count). The van der Waals surface area contributed by atoms with Gasteiger partial charge in [0.2, 0.25) is 5.91 Å². The molecule has 2 nitrogen and oxygen atoms in total. The van der Waals surface area contributed by atoms with E-state index in [-0.39, 0.29) is 5.41 Å². The molecule has 0 unspecified atom stereocenters. The number of hydrogen-bond acceptors (Lipinski definition) is 1. The summed E-state index contributed by atoms with van der Waals surface area (Å²) in [5, 5.41) is 0. The fraction of sp³-hybridized carbons (Fsp3) is 0.375. The average Bonchev–Trinajstić information content (AvgIpc) is 1.86. The van der Waals surface area contributed by atoms with Crippen molar-refractivity contribution in [1.29, 1.82) is 0 Å². The molecule has 56 valence electrons.